The smallest absolute Gasteiger partial charge is 0.227 e. The molecule has 1 amide bonds. The highest BCUT2D eigenvalue weighted by molar-refractivity contribution is 9.10. The van der Waals surface area contributed by atoms with Crippen molar-refractivity contribution in [2.45, 2.75) is 6.42 Å². The molecule has 2 aromatic carbocycles. The summed E-state index contributed by atoms with van der Waals surface area (Å²) < 4.78 is 6.53. The molecular weight excluding hydrogens is 356 g/mol. The fourth-order valence-corrected chi connectivity index (χ4v) is 3.42. The second kappa shape index (κ2) is 6.89. The Bertz CT molecular complexity index is 724. The van der Waals surface area contributed by atoms with E-state index in [9.17, 15) is 4.79 Å². The zero-order valence-corrected chi connectivity index (χ0v) is 15.1. The van der Waals surface area contributed by atoms with E-state index >= 15 is 0 Å². The highest BCUT2D eigenvalue weighted by Gasteiger charge is 2.21. The van der Waals surface area contributed by atoms with Crippen molar-refractivity contribution in [2.24, 2.45) is 0 Å². The molecule has 0 bridgehead atoms. The van der Waals surface area contributed by atoms with Gasteiger partial charge in [0, 0.05) is 36.2 Å². The number of halogens is 1. The summed E-state index contributed by atoms with van der Waals surface area (Å²) in [6, 6.07) is 10.1. The summed E-state index contributed by atoms with van der Waals surface area (Å²) in [6.45, 7) is 3.47. The van der Waals surface area contributed by atoms with E-state index in [2.05, 4.69) is 40.0 Å². The minimum atomic E-state index is 0.173. The lowest BCUT2D eigenvalue weighted by molar-refractivity contribution is -0.132. The van der Waals surface area contributed by atoms with Crippen molar-refractivity contribution in [2.75, 3.05) is 40.3 Å². The normalized spacial score (nSPS) is 15.9. The third-order valence-electron chi connectivity index (χ3n) is 4.45. The van der Waals surface area contributed by atoms with Crippen LogP contribution in [0.2, 0.25) is 0 Å². The largest absolute Gasteiger partial charge is 0.496 e. The van der Waals surface area contributed by atoms with Crippen molar-refractivity contribution < 1.29 is 9.53 Å². The summed E-state index contributed by atoms with van der Waals surface area (Å²) in [5.41, 5.74) is 0.974. The fraction of sp³-hybridized carbons (Fsp3) is 0.389. The number of benzene rings is 2. The van der Waals surface area contributed by atoms with Crippen LogP contribution < -0.4 is 4.74 Å². The van der Waals surface area contributed by atoms with Gasteiger partial charge in [-0.15, -0.1) is 0 Å². The molecule has 0 atom stereocenters. The Balaban J connectivity index is 1.90. The molecule has 23 heavy (non-hydrogen) atoms. The van der Waals surface area contributed by atoms with Crippen LogP contribution in [0.5, 0.6) is 5.75 Å². The van der Waals surface area contributed by atoms with Gasteiger partial charge in [0.15, 0.2) is 0 Å². The lowest BCUT2D eigenvalue weighted by atomic mass is 10.0. The molecule has 3 rings (SSSR count). The number of carbonyl (C=O) groups is 1. The summed E-state index contributed by atoms with van der Waals surface area (Å²) in [4.78, 5) is 16.9. The molecule has 0 unspecified atom stereocenters. The standard InChI is InChI=1S/C18H21BrN2O2/c1-20-7-9-21(10-8-20)18(22)12-16-15-5-4-14(19)11-13(15)3-6-17(16)23-2/h3-6,11H,7-10,12H2,1-2H3. The third-order valence-corrected chi connectivity index (χ3v) is 4.95. The van der Waals surface area contributed by atoms with Crippen LogP contribution in [0.25, 0.3) is 10.8 Å². The molecule has 122 valence electrons. The summed E-state index contributed by atoms with van der Waals surface area (Å²) in [7, 11) is 3.75. The zero-order valence-electron chi connectivity index (χ0n) is 13.5. The molecule has 1 fully saturated rings. The van der Waals surface area contributed by atoms with Crippen molar-refractivity contribution in [1.29, 1.82) is 0 Å². The first kappa shape index (κ1) is 16.3. The average molecular weight is 377 g/mol. The number of rotatable bonds is 3. The quantitative estimate of drug-likeness (QED) is 0.825. The van der Waals surface area contributed by atoms with Gasteiger partial charge in [-0.2, -0.15) is 0 Å². The Morgan fingerprint density at radius 2 is 1.91 bits per heavy atom. The topological polar surface area (TPSA) is 32.8 Å². The van der Waals surface area contributed by atoms with Crippen LogP contribution in [-0.4, -0.2) is 56.0 Å². The number of nitrogens with zero attached hydrogens (tertiary/aromatic N) is 2. The van der Waals surface area contributed by atoms with Gasteiger partial charge in [0.25, 0.3) is 0 Å². The first-order chi connectivity index (χ1) is 11.1. The molecule has 1 saturated heterocycles. The van der Waals surface area contributed by atoms with Gasteiger partial charge in [-0.05, 0) is 36.0 Å². The fourth-order valence-electron chi connectivity index (χ4n) is 3.04. The van der Waals surface area contributed by atoms with E-state index < -0.39 is 0 Å². The van der Waals surface area contributed by atoms with Crippen LogP contribution in [0.3, 0.4) is 0 Å². The summed E-state index contributed by atoms with van der Waals surface area (Å²) in [6.07, 6.45) is 0.381. The van der Waals surface area contributed by atoms with E-state index in [-0.39, 0.29) is 5.91 Å². The van der Waals surface area contributed by atoms with Crippen LogP contribution in [0.1, 0.15) is 5.56 Å². The Hall–Kier alpha value is -1.59. The molecule has 1 heterocycles. The van der Waals surface area contributed by atoms with Gasteiger partial charge in [-0.3, -0.25) is 4.79 Å². The van der Waals surface area contributed by atoms with E-state index in [0.717, 1.165) is 52.7 Å². The number of carbonyl (C=O) groups excluding carboxylic acids is 1. The predicted octanol–water partition coefficient (Wildman–Crippen LogP) is 2.93. The number of hydrogen-bond acceptors (Lipinski definition) is 3. The van der Waals surface area contributed by atoms with E-state index in [1.54, 1.807) is 7.11 Å². The van der Waals surface area contributed by atoms with Crippen molar-refractivity contribution in [3.63, 3.8) is 0 Å². The minimum Gasteiger partial charge on any atom is -0.496 e. The maximum absolute atomic E-state index is 12.7. The third kappa shape index (κ3) is 3.51. The van der Waals surface area contributed by atoms with Crippen molar-refractivity contribution >= 4 is 32.6 Å². The van der Waals surface area contributed by atoms with Gasteiger partial charge in [-0.25, -0.2) is 0 Å². The maximum atomic E-state index is 12.7. The van der Waals surface area contributed by atoms with Gasteiger partial charge in [0.05, 0.1) is 13.5 Å². The number of piperazine rings is 1. The summed E-state index contributed by atoms with van der Waals surface area (Å²) >= 11 is 3.50. The lowest BCUT2D eigenvalue weighted by Crippen LogP contribution is -2.47. The second-order valence-corrected chi connectivity index (χ2v) is 6.89. The molecule has 0 aliphatic carbocycles. The lowest BCUT2D eigenvalue weighted by Gasteiger charge is -2.32. The molecule has 4 nitrogen and oxygen atoms in total. The van der Waals surface area contributed by atoms with E-state index in [1.165, 1.54) is 0 Å². The number of ether oxygens (including phenoxy) is 1. The molecule has 0 aromatic heterocycles. The van der Waals surface area contributed by atoms with Gasteiger partial charge in [-0.1, -0.05) is 28.1 Å². The van der Waals surface area contributed by atoms with Crippen molar-refractivity contribution in [3.8, 4) is 5.75 Å². The van der Waals surface area contributed by atoms with Crippen molar-refractivity contribution in [3.05, 3.63) is 40.4 Å². The Morgan fingerprint density at radius 3 is 2.61 bits per heavy atom. The highest BCUT2D eigenvalue weighted by Crippen LogP contribution is 2.30. The summed E-state index contributed by atoms with van der Waals surface area (Å²) in [5.74, 6) is 0.953. The number of fused-ring (bicyclic) bond motifs is 1. The van der Waals surface area contributed by atoms with Gasteiger partial charge in [0.1, 0.15) is 5.75 Å². The van der Waals surface area contributed by atoms with E-state index in [1.807, 2.05) is 23.1 Å². The molecule has 1 aliphatic rings. The molecule has 0 radical (unpaired) electrons. The van der Waals surface area contributed by atoms with Crippen molar-refractivity contribution in [1.82, 2.24) is 9.80 Å². The van der Waals surface area contributed by atoms with Gasteiger partial charge >= 0.3 is 0 Å². The number of amides is 1. The SMILES string of the molecule is COc1ccc2cc(Br)ccc2c1CC(=O)N1CCN(C)CC1. The predicted molar refractivity (Wildman–Crippen MR) is 96.0 cm³/mol. The van der Waals surface area contributed by atoms with E-state index in [0.29, 0.717) is 6.42 Å². The molecule has 0 N–H and O–H groups in total. The first-order valence-electron chi connectivity index (χ1n) is 7.80. The van der Waals surface area contributed by atoms with Crippen LogP contribution in [-0.2, 0) is 11.2 Å². The van der Waals surface area contributed by atoms with Crippen LogP contribution in [0.15, 0.2) is 34.8 Å². The van der Waals surface area contributed by atoms with Gasteiger partial charge in [0.2, 0.25) is 5.91 Å². The average Bonchev–Trinajstić information content (AvgIpc) is 2.55. The van der Waals surface area contributed by atoms with Crippen LogP contribution in [0, 0.1) is 0 Å². The highest BCUT2D eigenvalue weighted by atomic mass is 79.9. The number of methoxy groups -OCH3 is 1. The van der Waals surface area contributed by atoms with Crippen LogP contribution >= 0.6 is 15.9 Å². The number of likely N-dealkylation sites (N-methyl/N-ethyl adjacent to an activating group) is 1. The maximum Gasteiger partial charge on any atom is 0.227 e. The Labute approximate surface area is 145 Å². The first-order valence-corrected chi connectivity index (χ1v) is 8.59. The molecule has 5 heteroatoms. The molecular formula is C18H21BrN2O2. The monoisotopic (exact) mass is 376 g/mol. The van der Waals surface area contributed by atoms with E-state index in [4.69, 9.17) is 4.74 Å². The Morgan fingerprint density at radius 1 is 1.17 bits per heavy atom. The molecule has 1 aliphatic heterocycles. The van der Waals surface area contributed by atoms with Gasteiger partial charge < -0.3 is 14.5 Å². The van der Waals surface area contributed by atoms with Crippen LogP contribution in [0.4, 0.5) is 0 Å². The molecule has 0 saturated carbocycles. The molecule has 0 spiro atoms. The summed E-state index contributed by atoms with van der Waals surface area (Å²) in [5, 5.41) is 2.19. The Kier molecular flexibility index (Phi) is 4.87. The zero-order chi connectivity index (χ0) is 16.4. The molecule has 2 aromatic rings. The second-order valence-electron chi connectivity index (χ2n) is 5.97. The number of hydrogen-bond donors (Lipinski definition) is 0. The minimum absolute atomic E-state index is 0.173.